The molecule has 0 saturated heterocycles. The van der Waals surface area contributed by atoms with Gasteiger partial charge in [0.25, 0.3) is 0 Å². The highest BCUT2D eigenvalue weighted by Crippen LogP contribution is 2.17. The molecule has 0 aliphatic rings. The number of nitrogens with zero attached hydrogens (tertiary/aromatic N) is 1. The number of pyridine rings is 1. The summed E-state index contributed by atoms with van der Waals surface area (Å²) < 4.78 is 17.8. The Morgan fingerprint density at radius 2 is 2.10 bits per heavy atom. The Morgan fingerprint density at radius 3 is 2.55 bits per heavy atom. The highest BCUT2D eigenvalue weighted by Gasteiger charge is 2.22. The van der Waals surface area contributed by atoms with Crippen LogP contribution in [-0.2, 0) is 9.53 Å². The third kappa shape index (κ3) is 5.64. The van der Waals surface area contributed by atoms with Crippen molar-refractivity contribution in [3.63, 3.8) is 0 Å². The number of nitrogens with one attached hydrogen (secondary N) is 1. The summed E-state index contributed by atoms with van der Waals surface area (Å²) in [7, 11) is 0. The first-order valence-electron chi connectivity index (χ1n) is 6.00. The van der Waals surface area contributed by atoms with Crippen molar-refractivity contribution in [3.05, 3.63) is 29.8 Å². The van der Waals surface area contributed by atoms with Crippen LogP contribution < -0.4 is 5.32 Å². The normalized spacial score (nSPS) is 12.6. The zero-order valence-corrected chi connectivity index (χ0v) is 11.5. The first-order chi connectivity index (χ1) is 9.17. The van der Waals surface area contributed by atoms with Crippen molar-refractivity contribution in [2.45, 2.75) is 38.8 Å². The van der Waals surface area contributed by atoms with E-state index in [9.17, 15) is 14.0 Å². The molecule has 0 unspecified atom stereocenters. The average Bonchev–Trinajstić information content (AvgIpc) is 2.25. The van der Waals surface area contributed by atoms with Crippen molar-refractivity contribution in [3.8, 4) is 0 Å². The van der Waals surface area contributed by atoms with Gasteiger partial charge in [-0.2, -0.15) is 4.39 Å². The predicted molar refractivity (Wildman–Crippen MR) is 68.6 cm³/mol. The molecule has 0 aliphatic heterocycles. The van der Waals surface area contributed by atoms with Gasteiger partial charge in [-0.25, -0.2) is 9.78 Å². The number of aromatic nitrogens is 1. The molecule has 20 heavy (non-hydrogen) atoms. The van der Waals surface area contributed by atoms with Gasteiger partial charge in [-0.1, -0.05) is 6.07 Å². The second kappa shape index (κ2) is 6.31. The Morgan fingerprint density at radius 1 is 1.45 bits per heavy atom. The molecule has 0 fully saturated rings. The Kier molecular flexibility index (Phi) is 5.01. The Balaban J connectivity index is 2.82. The maximum Gasteiger partial charge on any atom is 0.408 e. The van der Waals surface area contributed by atoms with Gasteiger partial charge in [0, 0.05) is 6.20 Å². The number of carbonyl (C=O) groups is 2. The molecule has 0 bridgehead atoms. The minimum Gasteiger partial charge on any atom is -0.481 e. The standard InChI is InChI=1S/C13H17FN2O4/c1-13(2,3)20-12(19)16-9(6-11(17)18)8-4-5-10(14)15-7-8/h4-5,7,9H,6H2,1-3H3,(H,16,19)(H,17,18)/t9-/m0/s1. The van der Waals surface area contributed by atoms with Crippen molar-refractivity contribution in [2.24, 2.45) is 0 Å². The average molecular weight is 284 g/mol. The minimum atomic E-state index is -1.10. The number of amides is 1. The van der Waals surface area contributed by atoms with Crippen LogP contribution in [-0.4, -0.2) is 27.8 Å². The van der Waals surface area contributed by atoms with Crippen LogP contribution in [0.1, 0.15) is 38.8 Å². The zero-order valence-electron chi connectivity index (χ0n) is 11.5. The SMILES string of the molecule is CC(C)(C)OC(=O)N[C@@H](CC(=O)O)c1ccc(F)nc1. The lowest BCUT2D eigenvalue weighted by atomic mass is 10.1. The molecule has 2 N–H and O–H groups in total. The summed E-state index contributed by atoms with van der Waals surface area (Å²) in [5.41, 5.74) is -0.307. The second-order valence-electron chi connectivity index (χ2n) is 5.21. The Labute approximate surface area is 116 Å². The van der Waals surface area contributed by atoms with Crippen LogP contribution in [0.25, 0.3) is 0 Å². The fraction of sp³-hybridized carbons (Fsp3) is 0.462. The van der Waals surface area contributed by atoms with Gasteiger partial charge in [-0.15, -0.1) is 0 Å². The lowest BCUT2D eigenvalue weighted by molar-refractivity contribution is -0.137. The molecule has 0 saturated carbocycles. The van der Waals surface area contributed by atoms with Gasteiger partial charge in [-0.05, 0) is 32.4 Å². The van der Waals surface area contributed by atoms with E-state index in [0.29, 0.717) is 5.56 Å². The number of carbonyl (C=O) groups excluding carboxylic acids is 1. The van der Waals surface area contributed by atoms with Gasteiger partial charge in [0.2, 0.25) is 5.95 Å². The van der Waals surface area contributed by atoms with E-state index in [2.05, 4.69) is 10.3 Å². The smallest absolute Gasteiger partial charge is 0.408 e. The lowest BCUT2D eigenvalue weighted by Crippen LogP contribution is -2.35. The fourth-order valence-electron chi connectivity index (χ4n) is 1.47. The molecule has 110 valence electrons. The first kappa shape index (κ1) is 15.9. The third-order valence-corrected chi connectivity index (χ3v) is 2.22. The van der Waals surface area contributed by atoms with E-state index in [1.165, 1.54) is 12.3 Å². The fourth-order valence-corrected chi connectivity index (χ4v) is 1.47. The molecule has 0 spiro atoms. The quantitative estimate of drug-likeness (QED) is 0.828. The van der Waals surface area contributed by atoms with Crippen LogP contribution in [0.3, 0.4) is 0 Å². The third-order valence-electron chi connectivity index (χ3n) is 2.22. The topological polar surface area (TPSA) is 88.5 Å². The molecule has 0 radical (unpaired) electrons. The number of hydrogen-bond acceptors (Lipinski definition) is 4. The predicted octanol–water partition coefficient (Wildman–Crippen LogP) is 2.26. The summed E-state index contributed by atoms with van der Waals surface area (Å²) in [6, 6.07) is 1.63. The lowest BCUT2D eigenvalue weighted by Gasteiger charge is -2.23. The summed E-state index contributed by atoms with van der Waals surface area (Å²) in [6.07, 6.45) is 0.0837. The summed E-state index contributed by atoms with van der Waals surface area (Å²) >= 11 is 0. The summed E-state index contributed by atoms with van der Waals surface area (Å²) in [6.45, 7) is 5.08. The van der Waals surface area contributed by atoms with Gasteiger partial charge in [0.15, 0.2) is 0 Å². The van der Waals surface area contributed by atoms with Crippen molar-refractivity contribution >= 4 is 12.1 Å². The van der Waals surface area contributed by atoms with Crippen LogP contribution in [0.2, 0.25) is 0 Å². The van der Waals surface area contributed by atoms with Crippen LogP contribution >= 0.6 is 0 Å². The molecule has 0 aliphatic carbocycles. The largest absolute Gasteiger partial charge is 0.481 e. The molecule has 1 aromatic heterocycles. The van der Waals surface area contributed by atoms with Gasteiger partial charge in [0.1, 0.15) is 5.60 Å². The number of alkyl carbamates (subject to hydrolysis) is 1. The molecular weight excluding hydrogens is 267 g/mol. The van der Waals surface area contributed by atoms with Crippen LogP contribution in [0, 0.1) is 5.95 Å². The van der Waals surface area contributed by atoms with E-state index in [1.807, 2.05) is 0 Å². The van der Waals surface area contributed by atoms with Gasteiger partial charge in [0.05, 0.1) is 12.5 Å². The van der Waals surface area contributed by atoms with Crippen LogP contribution in [0.15, 0.2) is 18.3 Å². The van der Waals surface area contributed by atoms with Gasteiger partial charge < -0.3 is 15.2 Å². The molecule has 1 rings (SSSR count). The van der Waals surface area contributed by atoms with Crippen molar-refractivity contribution < 1.29 is 23.8 Å². The first-order valence-corrected chi connectivity index (χ1v) is 6.00. The molecule has 6 nitrogen and oxygen atoms in total. The van der Waals surface area contributed by atoms with Crippen molar-refractivity contribution in [1.82, 2.24) is 10.3 Å². The van der Waals surface area contributed by atoms with Gasteiger partial charge in [-0.3, -0.25) is 4.79 Å². The number of ether oxygens (including phenoxy) is 1. The Hall–Kier alpha value is -2.18. The zero-order chi connectivity index (χ0) is 15.3. The van der Waals surface area contributed by atoms with Crippen molar-refractivity contribution in [1.29, 1.82) is 0 Å². The molecule has 1 aromatic rings. The van der Waals surface area contributed by atoms with E-state index in [4.69, 9.17) is 9.84 Å². The van der Waals surface area contributed by atoms with Crippen LogP contribution in [0.5, 0.6) is 0 Å². The second-order valence-corrected chi connectivity index (χ2v) is 5.21. The van der Waals surface area contributed by atoms with Crippen molar-refractivity contribution in [2.75, 3.05) is 0 Å². The maximum atomic E-state index is 12.8. The van der Waals surface area contributed by atoms with E-state index < -0.39 is 29.7 Å². The van der Waals surface area contributed by atoms with E-state index >= 15 is 0 Å². The van der Waals surface area contributed by atoms with E-state index in [0.717, 1.165) is 6.07 Å². The highest BCUT2D eigenvalue weighted by atomic mass is 19.1. The van der Waals surface area contributed by atoms with Gasteiger partial charge >= 0.3 is 12.1 Å². The number of halogens is 1. The minimum absolute atomic E-state index is 0.355. The summed E-state index contributed by atoms with van der Waals surface area (Å²) in [5.74, 6) is -1.78. The molecule has 1 atom stereocenters. The highest BCUT2D eigenvalue weighted by molar-refractivity contribution is 5.72. The molecule has 0 aromatic carbocycles. The monoisotopic (exact) mass is 284 g/mol. The Bertz CT molecular complexity index is 482. The van der Waals surface area contributed by atoms with Crippen LogP contribution in [0.4, 0.5) is 9.18 Å². The number of hydrogen-bond donors (Lipinski definition) is 2. The maximum absolute atomic E-state index is 12.8. The molecule has 7 heteroatoms. The summed E-state index contributed by atoms with van der Waals surface area (Å²) in [4.78, 5) is 25.9. The number of aliphatic carboxylic acids is 1. The van der Waals surface area contributed by atoms with E-state index in [-0.39, 0.29) is 6.42 Å². The molecular formula is C13H17FN2O4. The number of rotatable bonds is 4. The number of carboxylic acids is 1. The molecule has 1 heterocycles. The van der Waals surface area contributed by atoms with E-state index in [1.54, 1.807) is 20.8 Å². The number of carboxylic acid groups (broad SMARTS) is 1. The molecule has 1 amide bonds. The summed E-state index contributed by atoms with van der Waals surface area (Å²) in [5, 5.41) is 11.3.